The monoisotopic (exact) mass is 1490 g/mol. The van der Waals surface area contributed by atoms with E-state index in [0.29, 0.717) is 51.1 Å². The van der Waals surface area contributed by atoms with Crippen molar-refractivity contribution in [3.8, 4) is 90.0 Å². The van der Waals surface area contributed by atoms with E-state index in [9.17, 15) is 0 Å². The van der Waals surface area contributed by atoms with Crippen LogP contribution >= 0.6 is 0 Å². The van der Waals surface area contributed by atoms with E-state index in [1.165, 1.54) is 33.4 Å². The topological polar surface area (TPSA) is 139 Å². The number of ether oxygens (including phenoxy) is 6. The van der Waals surface area contributed by atoms with Gasteiger partial charge in [-0.25, -0.2) is 19.9 Å². The second-order valence-electron chi connectivity index (χ2n) is 36.4. The van der Waals surface area contributed by atoms with Crippen molar-refractivity contribution in [2.45, 2.75) is 157 Å². The van der Waals surface area contributed by atoms with Gasteiger partial charge >= 0.3 is 0 Å². The molecule has 0 atom stereocenters. The summed E-state index contributed by atoms with van der Waals surface area (Å²) < 4.78 is 38.5. The van der Waals surface area contributed by atoms with Gasteiger partial charge in [-0.15, -0.1) is 0 Å². The highest BCUT2D eigenvalue weighted by Gasteiger charge is 2.29. The van der Waals surface area contributed by atoms with Gasteiger partial charge in [-0.05, 0) is 209 Å². The summed E-state index contributed by atoms with van der Waals surface area (Å²) in [7, 11) is 0. The van der Waals surface area contributed by atoms with Crippen LogP contribution in [0.5, 0.6) is 23.0 Å². The lowest BCUT2D eigenvalue weighted by molar-refractivity contribution is 0.0747. The van der Waals surface area contributed by atoms with Crippen LogP contribution in [0.3, 0.4) is 0 Å². The minimum absolute atomic E-state index is 0.149. The van der Waals surface area contributed by atoms with Crippen LogP contribution < -0.4 is 18.9 Å². The van der Waals surface area contributed by atoms with Crippen molar-refractivity contribution in [1.82, 2.24) is 29.9 Å². The molecule has 5 aliphatic rings. The molecule has 5 aromatic heterocycles. The van der Waals surface area contributed by atoms with Gasteiger partial charge in [0.2, 0.25) is 0 Å². The molecule has 0 unspecified atom stereocenters. The van der Waals surface area contributed by atoms with Crippen molar-refractivity contribution in [2.24, 2.45) is 0 Å². The predicted molar refractivity (Wildman–Crippen MR) is 464 cm³/mol. The maximum Gasteiger partial charge on any atom is 0.123 e. The van der Waals surface area contributed by atoms with Crippen LogP contribution in [0.15, 0.2) is 182 Å². The van der Waals surface area contributed by atoms with Crippen molar-refractivity contribution in [2.75, 3.05) is 52.9 Å². The number of benzene rings is 7. The third-order valence-electron chi connectivity index (χ3n) is 21.6. The van der Waals surface area contributed by atoms with E-state index < -0.39 is 0 Å². The van der Waals surface area contributed by atoms with Gasteiger partial charge in [0.25, 0.3) is 0 Å². The molecular formula is C100H106N6O6. The van der Waals surface area contributed by atoms with E-state index in [1.807, 2.05) is 54.6 Å². The molecule has 0 spiro atoms. The van der Waals surface area contributed by atoms with Crippen molar-refractivity contribution >= 4 is 68.2 Å². The number of aromatic nitrogens is 6. The summed E-state index contributed by atoms with van der Waals surface area (Å²) in [6, 6.07) is 65.2. The Kier molecular flexibility index (Phi) is 20.5. The van der Waals surface area contributed by atoms with Crippen LogP contribution in [0.2, 0.25) is 0 Å². The summed E-state index contributed by atoms with van der Waals surface area (Å²) in [5.74, 6) is 2.66. The fraction of sp³-hybridized carbons (Fsp3) is 0.320. The van der Waals surface area contributed by atoms with Crippen LogP contribution in [0, 0.1) is 0 Å². The molecule has 0 fully saturated rings. The molecule has 12 nitrogen and oxygen atoms in total. The van der Waals surface area contributed by atoms with Crippen LogP contribution in [-0.2, 0) is 42.0 Å². The SMILES string of the molecule is CC(C)(C)c1cc(-c2c3nc(c(-c4cc(C(C)(C)C)cc(C(C)(C)C)c4)c4ccc([nH]4)c(-c4cc(C(C)(C)C)cc(C(C)(C)C)c4)c4nc(c(-c5cc6cc(c5)OCCOCCOc5ccc(cc5)-c5ccc7ccc8ccc(nc8c7n5)-c5ccc(cc5)OCCOCCO6)c5ccc2[nH]5)C=C4)C=C3)cc(C(C)(C)C)c1. The molecule has 17 rings (SSSR count). The molecule has 18 bridgehead atoms. The molecule has 12 heteroatoms. The van der Waals surface area contributed by atoms with Gasteiger partial charge in [0.15, 0.2) is 0 Å². The Morgan fingerprint density at radius 1 is 0.241 bits per heavy atom. The van der Waals surface area contributed by atoms with E-state index in [-0.39, 0.29) is 45.7 Å². The van der Waals surface area contributed by atoms with E-state index in [0.717, 1.165) is 145 Å². The number of rotatable bonds is 4. The van der Waals surface area contributed by atoms with Crippen molar-refractivity contribution in [3.63, 3.8) is 0 Å². The zero-order valence-electron chi connectivity index (χ0n) is 68.5. The summed E-state index contributed by atoms with van der Waals surface area (Å²) in [4.78, 5) is 30.4. The molecule has 12 aromatic rings. The fourth-order valence-electron chi connectivity index (χ4n) is 14.8. The minimum atomic E-state index is -0.173. The van der Waals surface area contributed by atoms with Crippen molar-refractivity contribution in [3.05, 3.63) is 238 Å². The first-order valence-corrected chi connectivity index (χ1v) is 39.6. The molecule has 0 amide bonds. The lowest BCUT2D eigenvalue weighted by Gasteiger charge is -2.26. The Labute approximate surface area is 660 Å². The Morgan fingerprint density at radius 2 is 0.500 bits per heavy atom. The van der Waals surface area contributed by atoms with Crippen LogP contribution in [-0.4, -0.2) is 82.8 Å². The number of hydrogen-bond acceptors (Lipinski definition) is 10. The van der Waals surface area contributed by atoms with Gasteiger partial charge in [0.1, 0.15) is 49.4 Å². The van der Waals surface area contributed by atoms with Gasteiger partial charge in [0, 0.05) is 72.3 Å². The lowest BCUT2D eigenvalue weighted by atomic mass is 9.78. The Morgan fingerprint density at radius 3 is 0.777 bits per heavy atom. The van der Waals surface area contributed by atoms with Gasteiger partial charge in [-0.2, -0.15) is 0 Å². The average Bonchev–Trinajstić information content (AvgIpc) is 1.59. The maximum absolute atomic E-state index is 6.77. The van der Waals surface area contributed by atoms with Gasteiger partial charge in [0.05, 0.1) is 71.6 Å². The predicted octanol–water partition coefficient (Wildman–Crippen LogP) is 24.8. The van der Waals surface area contributed by atoms with Crippen LogP contribution in [0.1, 0.15) is 181 Å². The minimum Gasteiger partial charge on any atom is -0.491 e. The molecule has 0 saturated carbocycles. The van der Waals surface area contributed by atoms with Crippen molar-refractivity contribution < 1.29 is 28.4 Å². The normalized spacial score (nSPS) is 14.4. The van der Waals surface area contributed by atoms with Crippen molar-refractivity contribution in [1.29, 1.82) is 0 Å². The first kappa shape index (κ1) is 76.4. The summed E-state index contributed by atoms with van der Waals surface area (Å²) >= 11 is 0. The molecule has 0 saturated heterocycles. The third-order valence-corrected chi connectivity index (χ3v) is 21.6. The molecule has 572 valence electrons. The zero-order chi connectivity index (χ0) is 78.8. The van der Waals surface area contributed by atoms with Gasteiger partial charge in [-0.3, -0.25) is 0 Å². The first-order chi connectivity index (χ1) is 53.2. The quantitative estimate of drug-likeness (QED) is 0.164. The number of fused-ring (bicyclic) bond motifs is 10. The summed E-state index contributed by atoms with van der Waals surface area (Å²) in [5.41, 5.74) is 26.6. The Hall–Kier alpha value is -10.9. The number of H-pyrrole nitrogens is 2. The summed E-state index contributed by atoms with van der Waals surface area (Å²) in [5, 5.41) is 2.04. The molecule has 5 aliphatic heterocycles. The molecule has 10 heterocycles. The highest BCUT2D eigenvalue weighted by molar-refractivity contribution is 6.05. The molecule has 2 N–H and O–H groups in total. The largest absolute Gasteiger partial charge is 0.491 e. The number of hydrogen-bond donors (Lipinski definition) is 2. The summed E-state index contributed by atoms with van der Waals surface area (Å²) in [6.45, 7) is 44.0. The van der Waals surface area contributed by atoms with Crippen LogP contribution in [0.25, 0.3) is 135 Å². The van der Waals surface area contributed by atoms with E-state index in [4.69, 9.17) is 48.4 Å². The highest BCUT2D eigenvalue weighted by atomic mass is 16.6. The number of nitrogens with zero attached hydrogens (tertiary/aromatic N) is 4. The molecular weight excluding hydrogens is 1380 g/mol. The lowest BCUT2D eigenvalue weighted by Crippen LogP contribution is -2.16. The summed E-state index contributed by atoms with van der Waals surface area (Å²) in [6.07, 6.45) is 8.80. The molecule has 7 aromatic carbocycles. The smallest absolute Gasteiger partial charge is 0.123 e. The highest BCUT2D eigenvalue weighted by Crippen LogP contribution is 2.46. The molecule has 0 aliphatic carbocycles. The van der Waals surface area contributed by atoms with Gasteiger partial charge < -0.3 is 38.4 Å². The van der Waals surface area contributed by atoms with Crippen LogP contribution in [0.4, 0.5) is 0 Å². The third kappa shape index (κ3) is 16.5. The number of nitrogens with one attached hydrogen (secondary N) is 2. The molecule has 0 radical (unpaired) electrons. The Bertz CT molecular complexity index is 5530. The maximum atomic E-state index is 6.77. The fourth-order valence-corrected chi connectivity index (χ4v) is 14.8. The van der Waals surface area contributed by atoms with E-state index in [1.54, 1.807) is 0 Å². The second kappa shape index (κ2) is 30.0. The Balaban J connectivity index is 0.895. The average molecular weight is 1490 g/mol. The number of pyridine rings is 2. The standard InChI is InChI=1S/C100H106N6O6/c1-95(2,3)69-49-65(50-70(57-69)96(4,5)6)89-81-33-35-83(101-81)90(66-51-71(97(7,8)9)58-72(52-66)98(10,11)12)85-37-39-87(103-85)92(88-40-38-86(104-88)91(84-36-34-82(89)102-84)67-53-73(99(13,14)15)59-74(54-67)100(16,17)18)68-55-77-60-78(56-68)112-48-44-108-42-46-110-76-29-23-62(24-30-76)80-32-26-64-20-19-63-25-31-79(105-93(63)94(64)106-80)61-21-27-75(28-22-61)109-45-41-107-43-47-111-77/h19-40,49-60,101,104H,41-48H2,1-18H3. The second-order valence-corrected chi connectivity index (χ2v) is 36.4. The molecule has 112 heavy (non-hydrogen) atoms. The van der Waals surface area contributed by atoms with E-state index >= 15 is 0 Å². The first-order valence-electron chi connectivity index (χ1n) is 39.6. The zero-order valence-corrected chi connectivity index (χ0v) is 68.5. The number of aromatic amines is 2. The van der Waals surface area contributed by atoms with Gasteiger partial charge in [-0.1, -0.05) is 203 Å². The van der Waals surface area contributed by atoms with E-state index in [2.05, 4.69) is 286 Å².